The van der Waals surface area contributed by atoms with Gasteiger partial charge in [-0.15, -0.1) is 22.7 Å². The number of carboxylic acid groups (broad SMARTS) is 1. The van der Waals surface area contributed by atoms with E-state index in [-0.39, 0.29) is 30.7 Å². The van der Waals surface area contributed by atoms with Crippen molar-refractivity contribution in [1.82, 2.24) is 5.01 Å². The average Bonchev–Trinajstić information content (AvgIpc) is 3.39. The molecular formula is C20H20N2O3S2. The summed E-state index contributed by atoms with van der Waals surface area (Å²) in [6, 6.07) is 8.03. The summed E-state index contributed by atoms with van der Waals surface area (Å²) in [6.45, 7) is 0. The van der Waals surface area contributed by atoms with Gasteiger partial charge in [0.1, 0.15) is 0 Å². The molecule has 2 atom stereocenters. The molecule has 0 radical (unpaired) electrons. The molecule has 1 aliphatic carbocycles. The van der Waals surface area contributed by atoms with E-state index in [0.717, 1.165) is 29.9 Å². The maximum atomic E-state index is 12.8. The first-order chi connectivity index (χ1) is 13.1. The molecule has 2 aromatic rings. The lowest BCUT2D eigenvalue weighted by molar-refractivity contribution is -0.141. The third kappa shape index (κ3) is 3.75. The van der Waals surface area contributed by atoms with Crippen LogP contribution in [0.5, 0.6) is 0 Å². The van der Waals surface area contributed by atoms with E-state index in [4.69, 9.17) is 10.2 Å². The van der Waals surface area contributed by atoms with Crippen LogP contribution < -0.4 is 0 Å². The Morgan fingerprint density at radius 2 is 2.04 bits per heavy atom. The first-order valence-corrected chi connectivity index (χ1v) is 10.8. The van der Waals surface area contributed by atoms with Gasteiger partial charge in [-0.2, -0.15) is 5.10 Å². The largest absolute Gasteiger partial charge is 0.481 e. The number of rotatable bonds is 5. The predicted octanol–water partition coefficient (Wildman–Crippen LogP) is 4.80. The standard InChI is InChI=1S/C20H20N2O3S2/c23-17(8-9-18(24)25)22-20(16-7-3-11-27-16)15-6-1-4-13(19(15)21-22)12-14-5-2-10-26-14/h2-3,5,7,10-12,15,20H,1,4,6,8-9H2,(H,24,25). The molecule has 1 N–H and O–H groups in total. The normalized spacial score (nSPS) is 23.3. The molecule has 2 aromatic heterocycles. The molecule has 1 amide bonds. The van der Waals surface area contributed by atoms with Crippen LogP contribution >= 0.6 is 22.7 Å². The monoisotopic (exact) mass is 400 g/mol. The summed E-state index contributed by atoms with van der Waals surface area (Å²) in [6.07, 6.45) is 5.02. The molecule has 5 nitrogen and oxygen atoms in total. The van der Waals surface area contributed by atoms with Gasteiger partial charge in [0.25, 0.3) is 0 Å². The fourth-order valence-corrected chi connectivity index (χ4v) is 5.38. The van der Waals surface area contributed by atoms with Crippen molar-refractivity contribution >= 4 is 46.3 Å². The fraction of sp³-hybridized carbons (Fsp3) is 0.350. The van der Waals surface area contributed by atoms with Crippen LogP contribution in [0, 0.1) is 5.92 Å². The maximum absolute atomic E-state index is 12.8. The first kappa shape index (κ1) is 18.1. The summed E-state index contributed by atoms with van der Waals surface area (Å²) in [7, 11) is 0. The van der Waals surface area contributed by atoms with Crippen LogP contribution in [0.15, 0.2) is 45.7 Å². The Balaban J connectivity index is 1.68. The second-order valence-electron chi connectivity index (χ2n) is 6.76. The minimum atomic E-state index is -0.960. The second kappa shape index (κ2) is 7.78. The number of aliphatic carboxylic acids is 1. The number of thiophene rings is 2. The van der Waals surface area contributed by atoms with Crippen LogP contribution in [0.1, 0.15) is 47.9 Å². The molecule has 27 heavy (non-hydrogen) atoms. The van der Waals surface area contributed by atoms with E-state index in [2.05, 4.69) is 17.5 Å². The number of amides is 1. The predicted molar refractivity (Wildman–Crippen MR) is 108 cm³/mol. The average molecular weight is 401 g/mol. The highest BCUT2D eigenvalue weighted by Crippen LogP contribution is 2.45. The zero-order chi connectivity index (χ0) is 18.8. The molecule has 7 heteroatoms. The van der Waals surface area contributed by atoms with E-state index in [1.807, 2.05) is 23.6 Å². The smallest absolute Gasteiger partial charge is 0.303 e. The van der Waals surface area contributed by atoms with Gasteiger partial charge < -0.3 is 5.11 Å². The van der Waals surface area contributed by atoms with E-state index < -0.39 is 5.97 Å². The number of carbonyl (C=O) groups excluding carboxylic acids is 1. The van der Waals surface area contributed by atoms with E-state index in [0.29, 0.717) is 0 Å². The van der Waals surface area contributed by atoms with Gasteiger partial charge in [-0.25, -0.2) is 5.01 Å². The van der Waals surface area contributed by atoms with Gasteiger partial charge in [0, 0.05) is 22.1 Å². The SMILES string of the molecule is O=C(O)CCC(=O)N1N=C2C(=Cc3cccs3)CCCC2C1c1cccs1. The van der Waals surface area contributed by atoms with Crippen molar-refractivity contribution < 1.29 is 14.7 Å². The van der Waals surface area contributed by atoms with E-state index in [1.165, 1.54) is 10.5 Å². The highest BCUT2D eigenvalue weighted by molar-refractivity contribution is 7.11. The number of carboxylic acids is 1. The highest BCUT2D eigenvalue weighted by Gasteiger charge is 2.44. The van der Waals surface area contributed by atoms with Crippen molar-refractivity contribution in [3.63, 3.8) is 0 Å². The first-order valence-electron chi connectivity index (χ1n) is 9.03. The molecule has 1 saturated carbocycles. The molecule has 0 bridgehead atoms. The van der Waals surface area contributed by atoms with Gasteiger partial charge in [-0.3, -0.25) is 9.59 Å². The Hall–Kier alpha value is -2.25. The van der Waals surface area contributed by atoms with Crippen LogP contribution in [0.3, 0.4) is 0 Å². The molecule has 0 spiro atoms. The van der Waals surface area contributed by atoms with Gasteiger partial charge in [0.2, 0.25) is 5.91 Å². The van der Waals surface area contributed by atoms with Crippen molar-refractivity contribution in [2.24, 2.45) is 11.0 Å². The van der Waals surface area contributed by atoms with Crippen molar-refractivity contribution in [1.29, 1.82) is 0 Å². The molecule has 1 aliphatic heterocycles. The lowest BCUT2D eigenvalue weighted by atomic mass is 9.79. The molecule has 4 rings (SSSR count). The van der Waals surface area contributed by atoms with Crippen molar-refractivity contribution in [2.75, 3.05) is 0 Å². The van der Waals surface area contributed by atoms with E-state index in [9.17, 15) is 9.59 Å². The van der Waals surface area contributed by atoms with Crippen LogP contribution in [-0.4, -0.2) is 27.7 Å². The Morgan fingerprint density at radius 3 is 2.74 bits per heavy atom. The summed E-state index contributed by atoms with van der Waals surface area (Å²) in [4.78, 5) is 26.0. The Morgan fingerprint density at radius 1 is 1.22 bits per heavy atom. The maximum Gasteiger partial charge on any atom is 0.303 e. The van der Waals surface area contributed by atoms with Crippen molar-refractivity contribution in [2.45, 2.75) is 38.1 Å². The lowest BCUT2D eigenvalue weighted by Crippen LogP contribution is -2.31. The number of hydrazone groups is 1. The van der Waals surface area contributed by atoms with Crippen molar-refractivity contribution in [3.05, 3.63) is 50.4 Å². The van der Waals surface area contributed by atoms with E-state index >= 15 is 0 Å². The summed E-state index contributed by atoms with van der Waals surface area (Å²) < 4.78 is 0. The minimum Gasteiger partial charge on any atom is -0.481 e. The number of allylic oxidation sites excluding steroid dienone is 1. The number of hydrogen-bond donors (Lipinski definition) is 1. The Bertz CT molecular complexity index is 884. The van der Waals surface area contributed by atoms with Crippen LogP contribution in [-0.2, 0) is 9.59 Å². The van der Waals surface area contributed by atoms with Crippen molar-refractivity contribution in [3.8, 4) is 0 Å². The van der Waals surface area contributed by atoms with Gasteiger partial charge in [0.05, 0.1) is 18.2 Å². The van der Waals surface area contributed by atoms with Crippen LogP contribution in [0.25, 0.3) is 6.08 Å². The summed E-state index contributed by atoms with van der Waals surface area (Å²) >= 11 is 3.32. The number of hydrogen-bond acceptors (Lipinski definition) is 5. The van der Waals surface area contributed by atoms with E-state index in [1.54, 1.807) is 27.7 Å². The Labute approximate surface area is 165 Å². The summed E-state index contributed by atoms with van der Waals surface area (Å²) in [5.74, 6) is -0.996. The third-order valence-corrected chi connectivity index (χ3v) is 6.77. The molecule has 0 aromatic carbocycles. The number of carbonyl (C=O) groups is 2. The quantitative estimate of drug-likeness (QED) is 0.784. The molecular weight excluding hydrogens is 380 g/mol. The highest BCUT2D eigenvalue weighted by atomic mass is 32.1. The summed E-state index contributed by atoms with van der Waals surface area (Å²) in [5, 5.41) is 19.3. The van der Waals surface area contributed by atoms with Gasteiger partial charge in [0.15, 0.2) is 0 Å². The van der Waals surface area contributed by atoms with Gasteiger partial charge >= 0.3 is 5.97 Å². The Kier molecular flexibility index (Phi) is 5.22. The molecule has 140 valence electrons. The topological polar surface area (TPSA) is 70.0 Å². The summed E-state index contributed by atoms with van der Waals surface area (Å²) in [5.41, 5.74) is 2.19. The number of nitrogens with zero attached hydrogens (tertiary/aromatic N) is 2. The molecule has 0 saturated heterocycles. The third-order valence-electron chi connectivity index (χ3n) is 5.00. The zero-order valence-corrected chi connectivity index (χ0v) is 16.3. The van der Waals surface area contributed by atoms with Crippen LogP contribution in [0.2, 0.25) is 0 Å². The lowest BCUT2D eigenvalue weighted by Gasteiger charge is -2.28. The number of fused-ring (bicyclic) bond motifs is 1. The molecule has 2 unspecified atom stereocenters. The molecule has 2 aliphatic rings. The molecule has 1 fully saturated rings. The zero-order valence-electron chi connectivity index (χ0n) is 14.7. The minimum absolute atomic E-state index is 0.0231. The van der Waals surface area contributed by atoms with Gasteiger partial charge in [-0.05, 0) is 53.8 Å². The van der Waals surface area contributed by atoms with Crippen LogP contribution in [0.4, 0.5) is 0 Å². The molecule has 3 heterocycles. The fourth-order valence-electron chi connectivity index (χ4n) is 3.82. The second-order valence-corrected chi connectivity index (χ2v) is 8.72. The van der Waals surface area contributed by atoms with Gasteiger partial charge in [-0.1, -0.05) is 12.1 Å².